The van der Waals surface area contributed by atoms with Crippen LogP contribution in [0.5, 0.6) is 0 Å². The summed E-state index contributed by atoms with van der Waals surface area (Å²) in [5.41, 5.74) is 3.64. The summed E-state index contributed by atoms with van der Waals surface area (Å²) in [5.74, 6) is 0.172. The van der Waals surface area contributed by atoms with E-state index in [1.165, 1.54) is 4.68 Å². The van der Waals surface area contributed by atoms with Crippen LogP contribution in [0.25, 0.3) is 0 Å². The molecule has 0 aliphatic carbocycles. The number of anilines is 2. The number of para-hydroxylation sites is 1. The average Bonchev–Trinajstić information content (AvgIpc) is 3.18. The number of amides is 1. The quantitative estimate of drug-likeness (QED) is 0.566. The van der Waals surface area contributed by atoms with Crippen molar-refractivity contribution in [2.45, 2.75) is 25.7 Å². The molecule has 1 unspecified atom stereocenters. The third kappa shape index (κ3) is 3.68. The Balaban J connectivity index is 1.77. The van der Waals surface area contributed by atoms with Crippen molar-refractivity contribution >= 4 is 29.1 Å². The van der Waals surface area contributed by atoms with Gasteiger partial charge in [-0.05, 0) is 30.2 Å². The summed E-state index contributed by atoms with van der Waals surface area (Å²) in [7, 11) is 0. The number of carbonyl (C=O) groups is 1. The van der Waals surface area contributed by atoms with Crippen molar-refractivity contribution in [3.05, 3.63) is 88.2 Å². The van der Waals surface area contributed by atoms with Gasteiger partial charge < -0.3 is 10.6 Å². The van der Waals surface area contributed by atoms with Crippen LogP contribution >= 0.6 is 11.6 Å². The van der Waals surface area contributed by atoms with Gasteiger partial charge >= 0.3 is 6.03 Å². The molecular weight excluding hydrogens is 398 g/mol. The van der Waals surface area contributed by atoms with Crippen LogP contribution in [0, 0.1) is 11.3 Å². The molecule has 0 fully saturated rings. The summed E-state index contributed by atoms with van der Waals surface area (Å²) in [5, 5.41) is 21.1. The number of fused-ring (bicyclic) bond motifs is 1. The van der Waals surface area contributed by atoms with Gasteiger partial charge in [0.2, 0.25) is 0 Å². The van der Waals surface area contributed by atoms with E-state index in [1.54, 1.807) is 24.4 Å². The van der Waals surface area contributed by atoms with Crippen molar-refractivity contribution in [1.29, 1.82) is 5.26 Å². The second-order valence-corrected chi connectivity index (χ2v) is 7.41. The fraction of sp³-hybridized carbons (Fsp3) is 0.174. The molecular formula is C23H20ClN5O. The largest absolute Gasteiger partial charge is 0.346 e. The van der Waals surface area contributed by atoms with Crippen molar-refractivity contribution in [2.24, 2.45) is 0 Å². The minimum Gasteiger partial charge on any atom is -0.341 e. The Morgan fingerprint density at radius 3 is 2.63 bits per heavy atom. The Morgan fingerprint density at radius 1 is 1.20 bits per heavy atom. The Labute approximate surface area is 179 Å². The molecule has 1 atom stereocenters. The van der Waals surface area contributed by atoms with Gasteiger partial charge in [0.25, 0.3) is 0 Å². The average molecular weight is 418 g/mol. The predicted octanol–water partition coefficient (Wildman–Crippen LogP) is 5.75. The minimum atomic E-state index is -0.389. The molecule has 4 rings (SSSR count). The number of nitrogens with one attached hydrogen (secondary N) is 2. The highest BCUT2D eigenvalue weighted by atomic mass is 35.5. The summed E-state index contributed by atoms with van der Waals surface area (Å²) in [6.07, 6.45) is 3.23. The van der Waals surface area contributed by atoms with E-state index in [-0.39, 0.29) is 11.9 Å². The molecule has 2 N–H and O–H groups in total. The number of carbonyl (C=O) groups excluding carboxylic acids is 1. The second-order valence-electron chi connectivity index (χ2n) is 7.01. The number of benzene rings is 2. The fourth-order valence-electron chi connectivity index (χ4n) is 3.65. The Bertz CT molecular complexity index is 1160. The number of halogens is 1. The first-order chi connectivity index (χ1) is 14.6. The molecule has 0 bridgehead atoms. The van der Waals surface area contributed by atoms with Crippen LogP contribution in [0.1, 0.15) is 36.8 Å². The predicted molar refractivity (Wildman–Crippen MR) is 118 cm³/mol. The van der Waals surface area contributed by atoms with Gasteiger partial charge in [0.15, 0.2) is 5.82 Å². The van der Waals surface area contributed by atoms with E-state index < -0.39 is 0 Å². The van der Waals surface area contributed by atoms with Crippen molar-refractivity contribution < 1.29 is 4.79 Å². The molecule has 1 amide bonds. The van der Waals surface area contributed by atoms with Crippen LogP contribution in [0.15, 0.2) is 72.1 Å². The van der Waals surface area contributed by atoms with Gasteiger partial charge in [0.05, 0.1) is 17.6 Å². The van der Waals surface area contributed by atoms with E-state index >= 15 is 0 Å². The topological polar surface area (TPSA) is 82.7 Å². The van der Waals surface area contributed by atoms with Crippen LogP contribution in [0.3, 0.4) is 0 Å². The molecule has 2 aromatic carbocycles. The van der Waals surface area contributed by atoms with Crippen LogP contribution in [0.2, 0.25) is 5.02 Å². The Hall–Kier alpha value is -3.56. The van der Waals surface area contributed by atoms with Crippen molar-refractivity contribution in [3.8, 4) is 6.07 Å². The lowest BCUT2D eigenvalue weighted by molar-refractivity contribution is 0.251. The van der Waals surface area contributed by atoms with Crippen LogP contribution in [-0.2, 0) is 0 Å². The van der Waals surface area contributed by atoms with Gasteiger partial charge in [0.1, 0.15) is 0 Å². The van der Waals surface area contributed by atoms with Gasteiger partial charge in [-0.25, -0.2) is 4.79 Å². The number of hydrogen-bond acceptors (Lipinski definition) is 4. The highest BCUT2D eigenvalue weighted by molar-refractivity contribution is 6.31. The van der Waals surface area contributed by atoms with E-state index in [1.807, 2.05) is 36.4 Å². The lowest BCUT2D eigenvalue weighted by Gasteiger charge is -2.26. The van der Waals surface area contributed by atoms with E-state index in [0.717, 1.165) is 23.2 Å². The number of rotatable bonds is 4. The van der Waals surface area contributed by atoms with Gasteiger partial charge in [-0.1, -0.05) is 61.3 Å². The first-order valence-electron chi connectivity index (χ1n) is 9.73. The van der Waals surface area contributed by atoms with Gasteiger partial charge in [0, 0.05) is 28.2 Å². The first-order valence-corrected chi connectivity index (χ1v) is 10.1. The third-order valence-corrected chi connectivity index (χ3v) is 5.35. The SMILES string of the molecule is CCCC1=C(C#N)C(c2ccccc2Cl)c2cn(C(=O)Nc3ccccc3)nc2N1. The standard InChI is InChI=1S/C23H20ClN5O/c1-2-8-20-17(13-25)21(16-11-6-7-12-19(16)24)18-14-29(28-22(18)27-20)23(30)26-15-9-4-3-5-10-15/h3-7,9-12,14,21H,2,8H2,1H3,(H,26,30)(H,27,28). The maximum atomic E-state index is 12.8. The molecule has 30 heavy (non-hydrogen) atoms. The molecule has 0 spiro atoms. The maximum Gasteiger partial charge on any atom is 0.346 e. The number of nitrogens with zero attached hydrogens (tertiary/aromatic N) is 3. The summed E-state index contributed by atoms with van der Waals surface area (Å²) < 4.78 is 1.26. The zero-order chi connectivity index (χ0) is 21.1. The van der Waals surface area contributed by atoms with E-state index in [0.29, 0.717) is 28.5 Å². The van der Waals surface area contributed by atoms with Crippen molar-refractivity contribution in [1.82, 2.24) is 9.78 Å². The monoisotopic (exact) mass is 417 g/mol. The Morgan fingerprint density at radius 2 is 1.93 bits per heavy atom. The molecule has 7 heteroatoms. The summed E-state index contributed by atoms with van der Waals surface area (Å²) >= 11 is 6.49. The first kappa shape index (κ1) is 19.7. The number of hydrogen-bond donors (Lipinski definition) is 2. The zero-order valence-electron chi connectivity index (χ0n) is 16.4. The summed E-state index contributed by atoms with van der Waals surface area (Å²) in [6, 6.07) is 18.6. The Kier molecular flexibility index (Phi) is 5.55. The lowest BCUT2D eigenvalue weighted by atomic mass is 9.82. The summed E-state index contributed by atoms with van der Waals surface area (Å²) in [6.45, 7) is 2.05. The molecule has 150 valence electrons. The molecule has 2 heterocycles. The smallest absolute Gasteiger partial charge is 0.341 e. The number of allylic oxidation sites excluding steroid dienone is 2. The summed E-state index contributed by atoms with van der Waals surface area (Å²) in [4.78, 5) is 12.8. The van der Waals surface area contributed by atoms with Gasteiger partial charge in [-0.3, -0.25) is 0 Å². The molecule has 0 saturated carbocycles. The molecule has 1 aliphatic rings. The highest BCUT2D eigenvalue weighted by Crippen LogP contribution is 2.43. The third-order valence-electron chi connectivity index (χ3n) is 5.01. The molecule has 1 aromatic heterocycles. The zero-order valence-corrected chi connectivity index (χ0v) is 17.1. The maximum absolute atomic E-state index is 12.8. The minimum absolute atomic E-state index is 0.383. The number of nitriles is 1. The molecule has 0 saturated heterocycles. The molecule has 3 aromatic rings. The van der Waals surface area contributed by atoms with Gasteiger partial charge in [-0.15, -0.1) is 5.10 Å². The second kappa shape index (κ2) is 8.44. The van der Waals surface area contributed by atoms with E-state index in [4.69, 9.17) is 11.6 Å². The molecule has 0 radical (unpaired) electrons. The fourth-order valence-corrected chi connectivity index (χ4v) is 3.90. The van der Waals surface area contributed by atoms with Crippen LogP contribution in [-0.4, -0.2) is 15.8 Å². The van der Waals surface area contributed by atoms with E-state index in [2.05, 4.69) is 28.7 Å². The van der Waals surface area contributed by atoms with Crippen molar-refractivity contribution in [2.75, 3.05) is 10.6 Å². The number of aromatic nitrogens is 2. The van der Waals surface area contributed by atoms with Crippen molar-refractivity contribution in [3.63, 3.8) is 0 Å². The van der Waals surface area contributed by atoms with Crippen LogP contribution in [0.4, 0.5) is 16.3 Å². The molecule has 1 aliphatic heterocycles. The lowest BCUT2D eigenvalue weighted by Crippen LogP contribution is -2.20. The van der Waals surface area contributed by atoms with Crippen LogP contribution < -0.4 is 10.6 Å². The normalized spacial score (nSPS) is 15.2. The van der Waals surface area contributed by atoms with E-state index in [9.17, 15) is 10.1 Å². The highest BCUT2D eigenvalue weighted by Gasteiger charge is 2.33. The molecule has 6 nitrogen and oxygen atoms in total. The van der Waals surface area contributed by atoms with Gasteiger partial charge in [-0.2, -0.15) is 9.94 Å².